The van der Waals surface area contributed by atoms with Gasteiger partial charge in [-0.05, 0) is 45.4 Å². The topological polar surface area (TPSA) is 77.3 Å². The molecule has 0 saturated carbocycles. The van der Waals surface area contributed by atoms with Gasteiger partial charge in [-0.15, -0.1) is 0 Å². The second kappa shape index (κ2) is 8.05. The van der Waals surface area contributed by atoms with Crippen molar-refractivity contribution in [3.8, 4) is 0 Å². The van der Waals surface area contributed by atoms with Crippen LogP contribution in [0.15, 0.2) is 35.6 Å². The maximum absolute atomic E-state index is 14.5. The Morgan fingerprint density at radius 3 is 2.70 bits per heavy atom. The summed E-state index contributed by atoms with van der Waals surface area (Å²) in [6, 6.07) is 7.16. The van der Waals surface area contributed by atoms with Gasteiger partial charge in [-0.25, -0.2) is 9.40 Å². The van der Waals surface area contributed by atoms with Crippen LogP contribution in [0, 0.1) is 26.6 Å². The highest BCUT2D eigenvalue weighted by Gasteiger charge is 2.31. The van der Waals surface area contributed by atoms with Crippen molar-refractivity contribution in [2.24, 2.45) is 10.8 Å². The summed E-state index contributed by atoms with van der Waals surface area (Å²) >= 11 is 7.66. The lowest BCUT2D eigenvalue weighted by Gasteiger charge is -2.15. The Labute approximate surface area is 183 Å². The van der Waals surface area contributed by atoms with E-state index in [-0.39, 0.29) is 18.4 Å². The molecule has 30 heavy (non-hydrogen) atoms. The van der Waals surface area contributed by atoms with Gasteiger partial charge in [0, 0.05) is 28.5 Å². The molecule has 1 aliphatic heterocycles. The number of rotatable bonds is 5. The van der Waals surface area contributed by atoms with E-state index < -0.39 is 5.50 Å². The first-order valence-electron chi connectivity index (χ1n) is 9.54. The van der Waals surface area contributed by atoms with Crippen LogP contribution < -0.4 is 10.7 Å². The van der Waals surface area contributed by atoms with E-state index in [9.17, 15) is 4.39 Å². The first-order chi connectivity index (χ1) is 14.2. The lowest BCUT2D eigenvalue weighted by atomic mass is 10.1. The fraction of sp³-hybridized carbons (Fsp3) is 0.350. The highest BCUT2D eigenvalue weighted by Crippen LogP contribution is 2.32. The largest absolute Gasteiger partial charge is 0.301 e. The van der Waals surface area contributed by atoms with Gasteiger partial charge in [-0.3, -0.25) is 9.36 Å². The highest BCUT2D eigenvalue weighted by atomic mass is 35.5. The summed E-state index contributed by atoms with van der Waals surface area (Å²) in [4.78, 5) is 0. The molecule has 4 rings (SSSR count). The second-order valence-electron chi connectivity index (χ2n) is 7.37. The van der Waals surface area contributed by atoms with Crippen LogP contribution in [0.3, 0.4) is 0 Å². The van der Waals surface area contributed by atoms with E-state index in [2.05, 4.69) is 15.3 Å². The molecule has 0 amide bonds. The van der Waals surface area contributed by atoms with Crippen molar-refractivity contribution in [1.29, 1.82) is 0 Å². The molecule has 158 valence electrons. The summed E-state index contributed by atoms with van der Waals surface area (Å²) in [7, 11) is 0. The van der Waals surface area contributed by atoms with Crippen LogP contribution in [-0.4, -0.2) is 30.1 Å². The number of hydrogen-bond donors (Lipinski definition) is 1. The van der Waals surface area contributed by atoms with Crippen LogP contribution in [0.4, 0.5) is 10.2 Å². The zero-order valence-electron chi connectivity index (χ0n) is 17.2. The van der Waals surface area contributed by atoms with Gasteiger partial charge >= 0.3 is 0 Å². The van der Waals surface area contributed by atoms with E-state index in [0.29, 0.717) is 22.0 Å². The predicted octanol–water partition coefficient (Wildman–Crippen LogP) is 4.22. The molecule has 7 nitrogen and oxygen atoms in total. The van der Waals surface area contributed by atoms with Gasteiger partial charge in [0.2, 0.25) is 0 Å². The molecular formula is C20H23ClFN7S. The number of aromatic nitrogens is 4. The minimum atomic E-state index is -0.401. The van der Waals surface area contributed by atoms with E-state index in [1.54, 1.807) is 34.9 Å². The third-order valence-corrected chi connectivity index (χ3v) is 6.48. The first-order valence-corrected chi connectivity index (χ1v) is 10.8. The van der Waals surface area contributed by atoms with Gasteiger partial charge < -0.3 is 5.73 Å². The van der Waals surface area contributed by atoms with Crippen LogP contribution in [0.1, 0.15) is 35.5 Å². The summed E-state index contributed by atoms with van der Waals surface area (Å²) in [5, 5.41) is 16.7. The van der Waals surface area contributed by atoms with Crippen LogP contribution in [0.5, 0.6) is 0 Å². The van der Waals surface area contributed by atoms with Gasteiger partial charge in [-0.2, -0.15) is 15.3 Å². The molecule has 1 aliphatic rings. The van der Waals surface area contributed by atoms with Gasteiger partial charge in [0.1, 0.15) is 10.9 Å². The highest BCUT2D eigenvalue weighted by molar-refractivity contribution is 8.14. The van der Waals surface area contributed by atoms with E-state index in [0.717, 1.165) is 16.4 Å². The molecule has 3 aromatic rings. The lowest BCUT2D eigenvalue weighted by Crippen LogP contribution is -2.32. The van der Waals surface area contributed by atoms with Crippen molar-refractivity contribution >= 4 is 34.2 Å². The molecule has 2 aromatic heterocycles. The zero-order valence-corrected chi connectivity index (χ0v) is 18.7. The number of hydrogen-bond acceptors (Lipinski definition) is 6. The van der Waals surface area contributed by atoms with Crippen LogP contribution in [0.25, 0.3) is 0 Å². The van der Waals surface area contributed by atoms with Crippen LogP contribution >= 0.6 is 23.4 Å². The molecule has 2 atom stereocenters. The Morgan fingerprint density at radius 2 is 2.00 bits per heavy atom. The van der Waals surface area contributed by atoms with Gasteiger partial charge in [0.15, 0.2) is 11.3 Å². The molecule has 2 unspecified atom stereocenters. The Kier molecular flexibility index (Phi) is 5.61. The maximum atomic E-state index is 14.5. The number of halogens is 2. The lowest BCUT2D eigenvalue weighted by molar-refractivity contribution is 0.577. The molecule has 0 saturated heterocycles. The number of thioether (sulfide) groups is 1. The number of anilines is 1. The van der Waals surface area contributed by atoms with E-state index in [1.807, 2.05) is 37.6 Å². The number of nitrogens with zero attached hydrogens (tertiary/aromatic N) is 6. The average molecular weight is 448 g/mol. The van der Waals surface area contributed by atoms with Crippen LogP contribution in [-0.2, 0) is 6.54 Å². The molecule has 1 aromatic carbocycles. The Bertz CT molecular complexity index is 1120. The minimum Gasteiger partial charge on any atom is -0.301 e. The van der Waals surface area contributed by atoms with Gasteiger partial charge in [0.05, 0.1) is 18.3 Å². The smallest absolute Gasteiger partial charge is 0.173 e. The SMILES string of the molecule is Cc1cc(C)n(C(C)C2=NN(c3ccn(Cc4c(Cl)ccc(C)c4F)n3)C(N)S2)n1. The van der Waals surface area contributed by atoms with E-state index in [4.69, 9.17) is 17.3 Å². The number of benzene rings is 1. The summed E-state index contributed by atoms with van der Waals surface area (Å²) in [5.74, 6) is 0.279. The quantitative estimate of drug-likeness (QED) is 0.633. The van der Waals surface area contributed by atoms with Crippen LogP contribution in [0.2, 0.25) is 5.02 Å². The third-order valence-electron chi connectivity index (χ3n) is 5.02. The molecule has 0 spiro atoms. The molecule has 0 fully saturated rings. The van der Waals surface area contributed by atoms with Crippen molar-refractivity contribution in [2.75, 3.05) is 5.01 Å². The van der Waals surface area contributed by atoms with Crippen molar-refractivity contribution < 1.29 is 4.39 Å². The monoisotopic (exact) mass is 447 g/mol. The van der Waals surface area contributed by atoms with Crippen molar-refractivity contribution in [2.45, 2.75) is 45.8 Å². The first kappa shape index (κ1) is 20.9. The Balaban J connectivity index is 1.56. The van der Waals surface area contributed by atoms with Gasteiger partial charge in [-0.1, -0.05) is 29.4 Å². The Morgan fingerprint density at radius 1 is 1.23 bits per heavy atom. The van der Waals surface area contributed by atoms with Gasteiger partial charge in [0.25, 0.3) is 0 Å². The number of nitrogens with two attached hydrogens (primary N) is 1. The summed E-state index contributed by atoms with van der Waals surface area (Å²) in [6.07, 6.45) is 1.77. The van der Waals surface area contributed by atoms with Crippen molar-refractivity contribution in [1.82, 2.24) is 19.6 Å². The molecule has 0 bridgehead atoms. The number of aryl methyl sites for hydroxylation is 3. The molecular weight excluding hydrogens is 425 g/mol. The number of hydrazone groups is 1. The van der Waals surface area contributed by atoms with E-state index >= 15 is 0 Å². The standard InChI is InChI=1S/C20H23ClFN7S/c1-11-5-6-16(21)15(18(11)22)10-27-8-7-17(25-27)29-20(23)30-19(26-29)14(4)28-13(3)9-12(2)24-28/h5-9,14,20H,10,23H2,1-4H3. The molecule has 10 heteroatoms. The Hall–Kier alpha value is -2.36. The normalized spacial score (nSPS) is 17.5. The predicted molar refractivity (Wildman–Crippen MR) is 119 cm³/mol. The van der Waals surface area contributed by atoms with E-state index in [1.165, 1.54) is 11.8 Å². The molecule has 0 radical (unpaired) electrons. The van der Waals surface area contributed by atoms with Crippen molar-refractivity contribution in [3.63, 3.8) is 0 Å². The fourth-order valence-electron chi connectivity index (χ4n) is 3.45. The summed E-state index contributed by atoms with van der Waals surface area (Å²) in [6.45, 7) is 7.97. The minimum absolute atomic E-state index is 0.0398. The summed E-state index contributed by atoms with van der Waals surface area (Å²) in [5.41, 5.74) is 8.89. The third kappa shape index (κ3) is 3.84. The second-order valence-corrected chi connectivity index (χ2v) is 8.91. The molecule has 3 heterocycles. The van der Waals surface area contributed by atoms with Crippen molar-refractivity contribution in [3.05, 3.63) is 63.8 Å². The molecule has 0 aliphatic carbocycles. The zero-order chi connectivity index (χ0) is 21.6. The summed E-state index contributed by atoms with van der Waals surface area (Å²) < 4.78 is 18.0. The average Bonchev–Trinajstić information content (AvgIpc) is 3.40. The molecule has 2 N–H and O–H groups in total. The maximum Gasteiger partial charge on any atom is 0.173 e. The fourth-order valence-corrected chi connectivity index (χ4v) is 4.59.